The fraction of sp³-hybridized carbons (Fsp3) is 0.237. The van der Waals surface area contributed by atoms with Crippen molar-refractivity contribution >= 4 is 23.4 Å². The first-order valence-electron chi connectivity index (χ1n) is 15.4. The average molecular weight is 581 g/mol. The van der Waals surface area contributed by atoms with Crippen molar-refractivity contribution in [1.29, 1.82) is 0 Å². The standard InChI is InChI=1S/C38H32N2O4/c41-36(39-26-13-17-28(18-14-26)44-27-15-11-25(12-16-27)24-9-5-2-6-10-24)33(21-23-7-3-1-4-8-23)40-37(42)34-29-19-20-30(32-22-31(29)32)35(34)38(40)43/h1-20,29-35H,21-22H2,(H,39,41)/t29-,30-,31-,32+,33+,34+,35+/m1/s1. The summed E-state index contributed by atoms with van der Waals surface area (Å²) >= 11 is 0. The molecule has 1 saturated heterocycles. The number of ether oxygens (including phenoxy) is 1. The lowest BCUT2D eigenvalue weighted by molar-refractivity contribution is -0.146. The molecule has 7 atom stereocenters. The largest absolute Gasteiger partial charge is 0.457 e. The van der Waals surface area contributed by atoms with E-state index in [1.54, 1.807) is 24.3 Å². The summed E-state index contributed by atoms with van der Waals surface area (Å²) in [6.45, 7) is 0. The third kappa shape index (κ3) is 4.62. The highest BCUT2D eigenvalue weighted by molar-refractivity contribution is 6.10. The molecule has 5 aliphatic rings. The molecular formula is C38H32N2O4. The minimum Gasteiger partial charge on any atom is -0.457 e. The highest BCUT2D eigenvalue weighted by Crippen LogP contribution is 2.65. The number of amides is 3. The smallest absolute Gasteiger partial charge is 0.248 e. The summed E-state index contributed by atoms with van der Waals surface area (Å²) in [6, 6.07) is 33.8. The zero-order valence-corrected chi connectivity index (χ0v) is 24.1. The maximum atomic E-state index is 13.9. The van der Waals surface area contributed by atoms with E-state index in [2.05, 4.69) is 29.6 Å². The quantitative estimate of drug-likeness (QED) is 0.185. The molecule has 4 aromatic rings. The summed E-state index contributed by atoms with van der Waals surface area (Å²) in [5, 5.41) is 2.98. The maximum absolute atomic E-state index is 13.9. The first kappa shape index (κ1) is 26.6. The number of nitrogens with one attached hydrogen (secondary N) is 1. The van der Waals surface area contributed by atoms with Gasteiger partial charge in [0.2, 0.25) is 17.7 Å². The third-order valence-corrected chi connectivity index (χ3v) is 9.90. The van der Waals surface area contributed by atoms with Crippen molar-refractivity contribution in [1.82, 2.24) is 4.90 Å². The molecule has 1 heterocycles. The van der Waals surface area contributed by atoms with Gasteiger partial charge < -0.3 is 10.1 Å². The molecule has 6 nitrogen and oxygen atoms in total. The van der Waals surface area contributed by atoms with Crippen LogP contribution in [0.1, 0.15) is 12.0 Å². The number of carbonyl (C=O) groups excluding carboxylic acids is 3. The van der Waals surface area contributed by atoms with Gasteiger partial charge in [0.15, 0.2) is 0 Å². The van der Waals surface area contributed by atoms with E-state index in [9.17, 15) is 14.4 Å². The lowest BCUT2D eigenvalue weighted by atomic mass is 9.63. The van der Waals surface area contributed by atoms with E-state index >= 15 is 0 Å². The van der Waals surface area contributed by atoms with Gasteiger partial charge >= 0.3 is 0 Å². The Labute approximate surface area is 256 Å². The molecule has 4 aliphatic carbocycles. The summed E-state index contributed by atoms with van der Waals surface area (Å²) in [7, 11) is 0. The Bertz CT molecular complexity index is 1710. The molecule has 0 unspecified atom stereocenters. The summed E-state index contributed by atoms with van der Waals surface area (Å²) < 4.78 is 6.04. The van der Waals surface area contributed by atoms with Gasteiger partial charge in [-0.05, 0) is 83.2 Å². The van der Waals surface area contributed by atoms with Crippen LogP contribution in [0, 0.1) is 35.5 Å². The number of hydrogen-bond donors (Lipinski definition) is 1. The Morgan fingerprint density at radius 2 is 1.23 bits per heavy atom. The normalized spacial score (nSPS) is 26.6. The minimum absolute atomic E-state index is 0.110. The Kier molecular flexibility index (Phi) is 6.44. The van der Waals surface area contributed by atoms with Crippen LogP contribution in [-0.2, 0) is 20.8 Å². The van der Waals surface area contributed by atoms with Crippen molar-refractivity contribution in [3.63, 3.8) is 0 Å². The van der Waals surface area contributed by atoms with Crippen molar-refractivity contribution < 1.29 is 19.1 Å². The topological polar surface area (TPSA) is 75.7 Å². The highest BCUT2D eigenvalue weighted by Gasteiger charge is 2.67. The number of likely N-dealkylation sites (tertiary alicyclic amines) is 1. The SMILES string of the molecule is O=C(Nc1ccc(Oc2ccc(-c3ccccc3)cc2)cc1)[C@H](Cc1ccccc1)N1C(=O)[C@H]2[C@@H]3C=C[C@H]([C@@H]4C[C@H]34)[C@@H]2C1=O. The van der Waals surface area contributed by atoms with Crippen LogP contribution in [0.3, 0.4) is 0 Å². The molecule has 0 radical (unpaired) electrons. The number of rotatable bonds is 8. The molecule has 6 heteroatoms. The number of imide groups is 1. The first-order chi connectivity index (χ1) is 21.5. The second-order valence-corrected chi connectivity index (χ2v) is 12.4. The number of carbonyl (C=O) groups is 3. The molecule has 4 aromatic carbocycles. The molecule has 218 valence electrons. The van der Waals surface area contributed by atoms with Crippen molar-refractivity contribution in [2.24, 2.45) is 35.5 Å². The van der Waals surface area contributed by atoms with Crippen LogP contribution in [-0.4, -0.2) is 28.7 Å². The molecule has 1 aliphatic heterocycles. The van der Waals surface area contributed by atoms with Crippen LogP contribution in [0.4, 0.5) is 5.69 Å². The molecule has 2 bridgehead atoms. The van der Waals surface area contributed by atoms with Gasteiger partial charge in [-0.3, -0.25) is 19.3 Å². The summed E-state index contributed by atoms with van der Waals surface area (Å²) in [5.74, 6) is 1.13. The van der Waals surface area contributed by atoms with E-state index in [-0.39, 0.29) is 47.8 Å². The summed E-state index contributed by atoms with van der Waals surface area (Å²) in [6.07, 6.45) is 5.67. The first-order valence-corrected chi connectivity index (χ1v) is 15.4. The van der Waals surface area contributed by atoms with Crippen molar-refractivity contribution in [3.05, 3.63) is 127 Å². The molecule has 2 saturated carbocycles. The van der Waals surface area contributed by atoms with Crippen LogP contribution >= 0.6 is 0 Å². The number of benzene rings is 4. The van der Waals surface area contributed by atoms with Gasteiger partial charge in [-0.25, -0.2) is 0 Å². The van der Waals surface area contributed by atoms with Crippen LogP contribution in [0.15, 0.2) is 121 Å². The van der Waals surface area contributed by atoms with Gasteiger partial charge in [-0.1, -0.05) is 84.9 Å². The monoisotopic (exact) mass is 580 g/mol. The fourth-order valence-corrected chi connectivity index (χ4v) is 7.74. The Hall–Kier alpha value is -4.97. The minimum atomic E-state index is -0.933. The fourth-order valence-electron chi connectivity index (χ4n) is 7.74. The van der Waals surface area contributed by atoms with Gasteiger partial charge in [0.05, 0.1) is 11.8 Å². The summed E-state index contributed by atoms with van der Waals surface area (Å²) in [4.78, 5) is 42.9. The second kappa shape index (κ2) is 10.6. The van der Waals surface area contributed by atoms with E-state index < -0.39 is 6.04 Å². The zero-order valence-electron chi connectivity index (χ0n) is 24.1. The molecule has 0 aromatic heterocycles. The molecule has 0 spiro atoms. The highest BCUT2D eigenvalue weighted by atomic mass is 16.5. The number of nitrogens with zero attached hydrogens (tertiary/aromatic N) is 1. The summed E-state index contributed by atoms with van der Waals surface area (Å²) in [5.41, 5.74) is 3.71. The van der Waals surface area contributed by atoms with Gasteiger partial charge in [0.25, 0.3) is 0 Å². The van der Waals surface area contributed by atoms with Crippen molar-refractivity contribution in [3.8, 4) is 22.6 Å². The maximum Gasteiger partial charge on any atom is 0.248 e. The molecular weight excluding hydrogens is 548 g/mol. The van der Waals surface area contributed by atoms with Crippen LogP contribution in [0.25, 0.3) is 11.1 Å². The van der Waals surface area contributed by atoms with Gasteiger partial charge in [-0.15, -0.1) is 0 Å². The predicted molar refractivity (Wildman–Crippen MR) is 168 cm³/mol. The Balaban J connectivity index is 0.991. The van der Waals surface area contributed by atoms with Crippen LogP contribution in [0.5, 0.6) is 11.5 Å². The number of anilines is 1. The second-order valence-electron chi connectivity index (χ2n) is 12.4. The predicted octanol–water partition coefficient (Wildman–Crippen LogP) is 6.75. The van der Waals surface area contributed by atoms with E-state index in [1.807, 2.05) is 72.8 Å². The Morgan fingerprint density at radius 3 is 1.82 bits per heavy atom. The molecule has 3 fully saturated rings. The van der Waals surface area contributed by atoms with E-state index in [0.29, 0.717) is 29.0 Å². The molecule has 1 N–H and O–H groups in total. The number of allylic oxidation sites excluding steroid dienone is 2. The van der Waals surface area contributed by atoms with Crippen LogP contribution in [0.2, 0.25) is 0 Å². The van der Waals surface area contributed by atoms with Gasteiger partial charge in [0.1, 0.15) is 17.5 Å². The van der Waals surface area contributed by atoms with E-state index in [0.717, 1.165) is 23.1 Å². The van der Waals surface area contributed by atoms with Crippen molar-refractivity contribution in [2.75, 3.05) is 5.32 Å². The lowest BCUT2D eigenvalue weighted by Gasteiger charge is -2.37. The van der Waals surface area contributed by atoms with Crippen LogP contribution < -0.4 is 10.1 Å². The third-order valence-electron chi connectivity index (χ3n) is 9.90. The zero-order chi connectivity index (χ0) is 29.8. The molecule has 3 amide bonds. The lowest BCUT2D eigenvalue weighted by Crippen LogP contribution is -2.49. The van der Waals surface area contributed by atoms with E-state index in [4.69, 9.17) is 4.74 Å². The Morgan fingerprint density at radius 1 is 0.705 bits per heavy atom. The van der Waals surface area contributed by atoms with Gasteiger partial charge in [-0.2, -0.15) is 0 Å². The number of hydrogen-bond acceptors (Lipinski definition) is 4. The molecule has 44 heavy (non-hydrogen) atoms. The molecule has 9 rings (SSSR count). The van der Waals surface area contributed by atoms with Gasteiger partial charge in [0, 0.05) is 12.1 Å². The average Bonchev–Trinajstić information content (AvgIpc) is 3.85. The van der Waals surface area contributed by atoms with Crippen molar-refractivity contribution in [2.45, 2.75) is 18.9 Å². The van der Waals surface area contributed by atoms with E-state index in [1.165, 1.54) is 4.90 Å².